The minimum absolute atomic E-state index is 0.158. The van der Waals surface area contributed by atoms with E-state index in [0.717, 1.165) is 58.7 Å². The number of piperazine rings is 1. The molecule has 106 valence electrons. The van der Waals surface area contributed by atoms with Crippen molar-refractivity contribution >= 4 is 5.91 Å². The van der Waals surface area contributed by atoms with Crippen LogP contribution in [-0.2, 0) is 4.79 Å². The first kappa shape index (κ1) is 14.3. The van der Waals surface area contributed by atoms with E-state index in [1.54, 1.807) is 0 Å². The molecular formula is C14H24N4O. The van der Waals surface area contributed by atoms with E-state index in [4.69, 9.17) is 5.26 Å². The predicted octanol–water partition coefficient (Wildman–Crippen LogP) is 0.434. The van der Waals surface area contributed by atoms with Gasteiger partial charge < -0.3 is 10.2 Å². The van der Waals surface area contributed by atoms with Gasteiger partial charge in [0.1, 0.15) is 0 Å². The van der Waals surface area contributed by atoms with Crippen LogP contribution in [0.25, 0.3) is 0 Å². The van der Waals surface area contributed by atoms with Crippen LogP contribution < -0.4 is 5.32 Å². The Morgan fingerprint density at radius 1 is 1.37 bits per heavy atom. The Morgan fingerprint density at radius 2 is 2.11 bits per heavy atom. The van der Waals surface area contributed by atoms with Crippen molar-refractivity contribution in [3.05, 3.63) is 0 Å². The fourth-order valence-electron chi connectivity index (χ4n) is 3.10. The number of hydrogen-bond donors (Lipinski definition) is 1. The highest BCUT2D eigenvalue weighted by atomic mass is 16.2. The van der Waals surface area contributed by atoms with E-state index in [2.05, 4.69) is 23.2 Å². The lowest BCUT2D eigenvalue weighted by Crippen LogP contribution is -2.53. The van der Waals surface area contributed by atoms with Gasteiger partial charge in [-0.2, -0.15) is 5.26 Å². The lowest BCUT2D eigenvalue weighted by atomic mass is 9.82. The molecule has 0 aromatic heterocycles. The van der Waals surface area contributed by atoms with E-state index in [0.29, 0.717) is 12.3 Å². The van der Waals surface area contributed by atoms with Gasteiger partial charge in [0.05, 0.1) is 11.5 Å². The van der Waals surface area contributed by atoms with Crippen LogP contribution in [0.15, 0.2) is 0 Å². The van der Waals surface area contributed by atoms with Crippen molar-refractivity contribution < 1.29 is 4.79 Å². The van der Waals surface area contributed by atoms with Crippen LogP contribution in [0.1, 0.15) is 26.2 Å². The fourth-order valence-corrected chi connectivity index (χ4v) is 3.10. The van der Waals surface area contributed by atoms with E-state index in [-0.39, 0.29) is 5.41 Å². The number of nitrogens with one attached hydrogen (secondary N) is 1. The van der Waals surface area contributed by atoms with E-state index in [1.807, 2.05) is 4.90 Å². The molecule has 0 aromatic rings. The van der Waals surface area contributed by atoms with Crippen molar-refractivity contribution in [2.45, 2.75) is 26.2 Å². The number of carbonyl (C=O) groups excluding carboxylic acids is 1. The average molecular weight is 264 g/mol. The summed E-state index contributed by atoms with van der Waals surface area (Å²) in [7, 11) is 0. The Morgan fingerprint density at radius 3 is 2.63 bits per heavy atom. The summed E-state index contributed by atoms with van der Waals surface area (Å²) < 4.78 is 0. The van der Waals surface area contributed by atoms with Gasteiger partial charge in [0, 0.05) is 45.7 Å². The molecule has 5 nitrogen and oxygen atoms in total. The third kappa shape index (κ3) is 3.07. The van der Waals surface area contributed by atoms with E-state index in [9.17, 15) is 4.79 Å². The standard InChI is InChI=1S/C14H24N4O/c1-2-14(4-6-16-12-14)13(19)18-10-8-17(9-11-18)7-3-5-15/h16H,2-4,6-12H2,1H3. The van der Waals surface area contributed by atoms with Crippen LogP contribution in [0.5, 0.6) is 0 Å². The largest absolute Gasteiger partial charge is 0.340 e. The molecule has 19 heavy (non-hydrogen) atoms. The van der Waals surface area contributed by atoms with Crippen LogP contribution in [0.2, 0.25) is 0 Å². The second-order valence-corrected chi connectivity index (χ2v) is 5.60. The molecule has 0 bridgehead atoms. The first-order chi connectivity index (χ1) is 9.22. The molecule has 1 amide bonds. The predicted molar refractivity (Wildman–Crippen MR) is 73.5 cm³/mol. The molecule has 2 rings (SSSR count). The van der Waals surface area contributed by atoms with E-state index in [1.165, 1.54) is 0 Å². The van der Waals surface area contributed by atoms with Crippen LogP contribution in [0, 0.1) is 16.7 Å². The number of amides is 1. The zero-order valence-corrected chi connectivity index (χ0v) is 11.8. The molecule has 1 atom stereocenters. The van der Waals surface area contributed by atoms with Crippen LogP contribution in [0.4, 0.5) is 0 Å². The molecule has 0 aromatic carbocycles. The minimum atomic E-state index is -0.158. The Kier molecular flexibility index (Phi) is 4.78. The van der Waals surface area contributed by atoms with Gasteiger partial charge in [-0.05, 0) is 19.4 Å². The summed E-state index contributed by atoms with van der Waals surface area (Å²) >= 11 is 0. The molecule has 5 heteroatoms. The number of rotatable bonds is 4. The van der Waals surface area contributed by atoms with Gasteiger partial charge in [-0.15, -0.1) is 0 Å². The monoisotopic (exact) mass is 264 g/mol. The highest BCUT2D eigenvalue weighted by molar-refractivity contribution is 5.83. The molecule has 1 unspecified atom stereocenters. The van der Waals surface area contributed by atoms with Crippen molar-refractivity contribution in [2.24, 2.45) is 5.41 Å². The van der Waals surface area contributed by atoms with Crippen molar-refractivity contribution in [3.63, 3.8) is 0 Å². The highest BCUT2D eigenvalue weighted by Gasteiger charge is 2.42. The Bertz CT molecular complexity index is 349. The van der Waals surface area contributed by atoms with Gasteiger partial charge >= 0.3 is 0 Å². The zero-order valence-electron chi connectivity index (χ0n) is 11.8. The summed E-state index contributed by atoms with van der Waals surface area (Å²) in [6, 6.07) is 2.18. The third-order valence-electron chi connectivity index (χ3n) is 4.57. The first-order valence-corrected chi connectivity index (χ1v) is 7.31. The molecule has 2 saturated heterocycles. The van der Waals surface area contributed by atoms with Crippen molar-refractivity contribution in [2.75, 3.05) is 45.8 Å². The molecule has 0 aliphatic carbocycles. The summed E-state index contributed by atoms with van der Waals surface area (Å²) in [5, 5.41) is 11.9. The van der Waals surface area contributed by atoms with Crippen molar-refractivity contribution in [3.8, 4) is 6.07 Å². The second kappa shape index (κ2) is 6.36. The molecule has 0 spiro atoms. The quantitative estimate of drug-likeness (QED) is 0.800. The summed E-state index contributed by atoms with van der Waals surface area (Å²) in [5.41, 5.74) is -0.158. The van der Waals surface area contributed by atoms with Crippen LogP contribution in [0.3, 0.4) is 0 Å². The molecule has 1 N–H and O–H groups in total. The van der Waals surface area contributed by atoms with Gasteiger partial charge in [-0.1, -0.05) is 6.92 Å². The molecular weight excluding hydrogens is 240 g/mol. The van der Waals surface area contributed by atoms with E-state index >= 15 is 0 Å². The average Bonchev–Trinajstić information content (AvgIpc) is 2.95. The number of carbonyl (C=O) groups is 1. The van der Waals surface area contributed by atoms with Gasteiger partial charge in [0.15, 0.2) is 0 Å². The lowest BCUT2D eigenvalue weighted by molar-refractivity contribution is -0.143. The molecule has 0 radical (unpaired) electrons. The highest BCUT2D eigenvalue weighted by Crippen LogP contribution is 2.32. The summed E-state index contributed by atoms with van der Waals surface area (Å²) in [6.45, 7) is 8.17. The fraction of sp³-hybridized carbons (Fsp3) is 0.857. The van der Waals surface area contributed by atoms with Crippen LogP contribution in [-0.4, -0.2) is 61.5 Å². The Hall–Kier alpha value is -1.12. The first-order valence-electron chi connectivity index (χ1n) is 7.31. The normalized spacial score (nSPS) is 28.3. The maximum absolute atomic E-state index is 12.7. The number of nitrogens with zero attached hydrogens (tertiary/aromatic N) is 3. The molecule has 2 heterocycles. The zero-order chi connectivity index (χ0) is 13.7. The molecule has 2 fully saturated rings. The Labute approximate surface area is 115 Å². The summed E-state index contributed by atoms with van der Waals surface area (Å²) in [4.78, 5) is 17.0. The maximum Gasteiger partial charge on any atom is 0.230 e. The maximum atomic E-state index is 12.7. The smallest absolute Gasteiger partial charge is 0.230 e. The number of nitriles is 1. The third-order valence-corrected chi connectivity index (χ3v) is 4.57. The van der Waals surface area contributed by atoms with E-state index < -0.39 is 0 Å². The molecule has 2 aliphatic rings. The van der Waals surface area contributed by atoms with Gasteiger partial charge in [0.25, 0.3) is 0 Å². The SMILES string of the molecule is CCC1(C(=O)N2CCN(CCC#N)CC2)CCNC1. The summed E-state index contributed by atoms with van der Waals surface area (Å²) in [5.74, 6) is 0.333. The Balaban J connectivity index is 1.87. The van der Waals surface area contributed by atoms with Gasteiger partial charge in [-0.3, -0.25) is 9.69 Å². The number of hydrogen-bond acceptors (Lipinski definition) is 4. The lowest BCUT2D eigenvalue weighted by Gasteiger charge is -2.39. The molecule has 0 saturated carbocycles. The minimum Gasteiger partial charge on any atom is -0.340 e. The topological polar surface area (TPSA) is 59.4 Å². The van der Waals surface area contributed by atoms with Crippen molar-refractivity contribution in [1.82, 2.24) is 15.1 Å². The molecule has 2 aliphatic heterocycles. The van der Waals surface area contributed by atoms with Crippen molar-refractivity contribution in [1.29, 1.82) is 5.26 Å². The van der Waals surface area contributed by atoms with Crippen LogP contribution >= 0.6 is 0 Å². The van der Waals surface area contributed by atoms with Gasteiger partial charge in [0.2, 0.25) is 5.91 Å². The summed E-state index contributed by atoms with van der Waals surface area (Å²) in [6.07, 6.45) is 2.47. The second-order valence-electron chi connectivity index (χ2n) is 5.60. The van der Waals surface area contributed by atoms with Gasteiger partial charge in [-0.25, -0.2) is 0 Å².